The summed E-state index contributed by atoms with van der Waals surface area (Å²) in [5, 5.41) is 2.69. The number of hydrogen-bond acceptors (Lipinski definition) is 8. The number of rotatable bonds is 11. The first-order valence-electron chi connectivity index (χ1n) is 12.1. The minimum absolute atomic E-state index is 0.0316. The molecule has 0 atom stereocenters. The Balaban J connectivity index is 1.28. The zero-order chi connectivity index (χ0) is 28.4. The van der Waals surface area contributed by atoms with Crippen LogP contribution in [0.5, 0.6) is 5.75 Å². The van der Waals surface area contributed by atoms with Crippen LogP contribution in [0.3, 0.4) is 0 Å². The quantitative estimate of drug-likeness (QED) is 0.211. The third-order valence-corrected chi connectivity index (χ3v) is 6.85. The summed E-state index contributed by atoms with van der Waals surface area (Å²) in [4.78, 5) is 40.8. The third kappa shape index (κ3) is 7.74. The van der Waals surface area contributed by atoms with Crippen molar-refractivity contribution in [3.63, 3.8) is 0 Å². The summed E-state index contributed by atoms with van der Waals surface area (Å²) in [6, 6.07) is 25.9. The number of para-hydroxylation sites is 1. The van der Waals surface area contributed by atoms with Crippen LogP contribution in [0, 0.1) is 0 Å². The number of carbonyl (C=O) groups excluding carboxylic acids is 3. The number of aromatic nitrogens is 1. The van der Waals surface area contributed by atoms with E-state index in [1.807, 2.05) is 41.1 Å². The summed E-state index contributed by atoms with van der Waals surface area (Å²) < 4.78 is 38.0. The van der Waals surface area contributed by atoms with Gasteiger partial charge in [-0.05, 0) is 54.1 Å². The Labute approximate surface area is 231 Å². The van der Waals surface area contributed by atoms with E-state index in [0.717, 1.165) is 11.8 Å². The molecule has 0 saturated heterocycles. The summed E-state index contributed by atoms with van der Waals surface area (Å²) in [5.74, 6) is -1.34. The molecule has 2 amide bonds. The van der Waals surface area contributed by atoms with Crippen molar-refractivity contribution in [2.75, 3.05) is 13.2 Å². The van der Waals surface area contributed by atoms with Gasteiger partial charge in [0.1, 0.15) is 24.7 Å². The molecule has 0 bridgehead atoms. The largest absolute Gasteiger partial charge is 0.492 e. The van der Waals surface area contributed by atoms with E-state index in [0.29, 0.717) is 5.75 Å². The number of carbonyl (C=O) groups is 3. The number of hydrogen-bond donors (Lipinski definition) is 2. The summed E-state index contributed by atoms with van der Waals surface area (Å²) >= 11 is 0. The Kier molecular flexibility index (Phi) is 9.21. The van der Waals surface area contributed by atoms with Gasteiger partial charge in [-0.15, -0.1) is 0 Å². The van der Waals surface area contributed by atoms with Crippen molar-refractivity contribution >= 4 is 27.8 Å². The van der Waals surface area contributed by atoms with Crippen molar-refractivity contribution in [3.8, 4) is 5.75 Å². The SMILES string of the molecule is O=C(NCCOc1ccccc1)c1ccc(S(=O)(=O)NC(=O)c2ccc(C(=O)OCc3ccccc3)nc2)cc1. The van der Waals surface area contributed by atoms with E-state index in [2.05, 4.69) is 10.3 Å². The summed E-state index contributed by atoms with van der Waals surface area (Å²) in [6.07, 6.45) is 1.08. The molecule has 0 saturated carbocycles. The molecule has 4 aromatic rings. The van der Waals surface area contributed by atoms with Crippen LogP contribution >= 0.6 is 0 Å². The van der Waals surface area contributed by atoms with Crippen LogP contribution in [0.1, 0.15) is 36.8 Å². The van der Waals surface area contributed by atoms with E-state index in [1.165, 1.54) is 36.4 Å². The van der Waals surface area contributed by atoms with Gasteiger partial charge in [0.2, 0.25) is 0 Å². The standard InChI is InChI=1S/C29H25N3O7S/c33-27(30-17-18-38-24-9-5-2-6-10-24)22-11-14-25(15-12-22)40(36,37)32-28(34)23-13-16-26(31-19-23)29(35)39-20-21-7-3-1-4-8-21/h1-16,19H,17-18,20H2,(H,30,33)(H,32,34). The average molecular weight is 560 g/mol. The fourth-order valence-corrected chi connectivity index (χ4v) is 4.40. The predicted octanol–water partition coefficient (Wildman–Crippen LogP) is 3.37. The predicted molar refractivity (Wildman–Crippen MR) is 145 cm³/mol. The maximum absolute atomic E-state index is 12.7. The summed E-state index contributed by atoms with van der Waals surface area (Å²) in [5.41, 5.74) is 0.941. The van der Waals surface area contributed by atoms with Crippen LogP contribution in [0.4, 0.5) is 0 Å². The molecule has 0 aliphatic heterocycles. The van der Waals surface area contributed by atoms with Crippen LogP contribution in [0.2, 0.25) is 0 Å². The first-order valence-corrected chi connectivity index (χ1v) is 13.6. The molecule has 0 aliphatic carbocycles. The fourth-order valence-electron chi connectivity index (χ4n) is 3.42. The van der Waals surface area contributed by atoms with Gasteiger partial charge in [-0.3, -0.25) is 9.59 Å². The monoisotopic (exact) mass is 559 g/mol. The highest BCUT2D eigenvalue weighted by atomic mass is 32.2. The Bertz CT molecular complexity index is 1560. The molecule has 0 unspecified atom stereocenters. The van der Waals surface area contributed by atoms with Crippen LogP contribution in [0.15, 0.2) is 108 Å². The third-order valence-electron chi connectivity index (χ3n) is 5.50. The molecular formula is C29H25N3O7S. The minimum Gasteiger partial charge on any atom is -0.492 e. The zero-order valence-corrected chi connectivity index (χ0v) is 22.0. The lowest BCUT2D eigenvalue weighted by atomic mass is 10.2. The Morgan fingerprint density at radius 3 is 2.05 bits per heavy atom. The number of sulfonamides is 1. The van der Waals surface area contributed by atoms with Gasteiger partial charge in [0.05, 0.1) is 17.0 Å². The first kappa shape index (κ1) is 28.0. The molecule has 1 aromatic heterocycles. The zero-order valence-electron chi connectivity index (χ0n) is 21.1. The van der Waals surface area contributed by atoms with Gasteiger partial charge in [-0.25, -0.2) is 22.9 Å². The summed E-state index contributed by atoms with van der Waals surface area (Å²) in [7, 11) is -4.24. The van der Waals surface area contributed by atoms with Crippen molar-refractivity contribution < 1.29 is 32.3 Å². The topological polar surface area (TPSA) is 141 Å². The number of amides is 2. The smallest absolute Gasteiger partial charge is 0.357 e. The van der Waals surface area contributed by atoms with E-state index in [-0.39, 0.29) is 41.5 Å². The number of ether oxygens (including phenoxy) is 2. The van der Waals surface area contributed by atoms with Crippen molar-refractivity contribution in [1.82, 2.24) is 15.0 Å². The molecule has 4 rings (SSSR count). The van der Waals surface area contributed by atoms with Gasteiger partial charge in [0.15, 0.2) is 0 Å². The molecule has 11 heteroatoms. The molecule has 0 fully saturated rings. The van der Waals surface area contributed by atoms with Crippen molar-refractivity contribution in [3.05, 3.63) is 126 Å². The van der Waals surface area contributed by atoms with Crippen molar-refractivity contribution in [2.45, 2.75) is 11.5 Å². The number of nitrogens with one attached hydrogen (secondary N) is 2. The molecule has 0 aliphatic rings. The van der Waals surface area contributed by atoms with Crippen LogP contribution in [-0.4, -0.2) is 44.3 Å². The van der Waals surface area contributed by atoms with E-state index >= 15 is 0 Å². The van der Waals surface area contributed by atoms with E-state index in [4.69, 9.17) is 9.47 Å². The lowest BCUT2D eigenvalue weighted by Crippen LogP contribution is -2.31. The highest BCUT2D eigenvalue weighted by Gasteiger charge is 2.20. The van der Waals surface area contributed by atoms with Gasteiger partial charge in [0, 0.05) is 11.8 Å². The Morgan fingerprint density at radius 1 is 0.750 bits per heavy atom. The molecule has 1 heterocycles. The van der Waals surface area contributed by atoms with Gasteiger partial charge < -0.3 is 14.8 Å². The van der Waals surface area contributed by atoms with Crippen LogP contribution in [-0.2, 0) is 21.4 Å². The van der Waals surface area contributed by atoms with Crippen molar-refractivity contribution in [1.29, 1.82) is 0 Å². The molecule has 0 radical (unpaired) electrons. The molecule has 10 nitrogen and oxygen atoms in total. The average Bonchev–Trinajstić information content (AvgIpc) is 2.99. The molecular weight excluding hydrogens is 534 g/mol. The van der Waals surface area contributed by atoms with Gasteiger partial charge in [0.25, 0.3) is 21.8 Å². The Hall–Kier alpha value is -5.03. The second-order valence-corrected chi connectivity index (χ2v) is 10.1. The van der Waals surface area contributed by atoms with E-state index in [9.17, 15) is 22.8 Å². The van der Waals surface area contributed by atoms with Crippen LogP contribution < -0.4 is 14.8 Å². The van der Waals surface area contributed by atoms with Gasteiger partial charge in [-0.1, -0.05) is 48.5 Å². The maximum Gasteiger partial charge on any atom is 0.357 e. The minimum atomic E-state index is -4.24. The second-order valence-electron chi connectivity index (χ2n) is 8.37. The highest BCUT2D eigenvalue weighted by Crippen LogP contribution is 2.13. The normalized spacial score (nSPS) is 10.8. The lowest BCUT2D eigenvalue weighted by Gasteiger charge is -2.09. The fraction of sp³-hybridized carbons (Fsp3) is 0.103. The molecule has 40 heavy (non-hydrogen) atoms. The van der Waals surface area contributed by atoms with E-state index in [1.54, 1.807) is 24.3 Å². The number of esters is 1. The Morgan fingerprint density at radius 2 is 1.40 bits per heavy atom. The molecule has 0 spiro atoms. The second kappa shape index (κ2) is 13.2. The number of pyridine rings is 1. The summed E-state index contributed by atoms with van der Waals surface area (Å²) in [6.45, 7) is 0.575. The molecule has 2 N–H and O–H groups in total. The number of nitrogens with zero attached hydrogens (tertiary/aromatic N) is 1. The molecule has 204 valence electrons. The lowest BCUT2D eigenvalue weighted by molar-refractivity contribution is 0.0465. The number of benzene rings is 3. The highest BCUT2D eigenvalue weighted by molar-refractivity contribution is 7.90. The molecule has 3 aromatic carbocycles. The maximum atomic E-state index is 12.7. The van der Waals surface area contributed by atoms with Gasteiger partial charge in [-0.2, -0.15) is 0 Å². The first-order chi connectivity index (χ1) is 19.3. The van der Waals surface area contributed by atoms with Crippen LogP contribution in [0.25, 0.3) is 0 Å². The van der Waals surface area contributed by atoms with Crippen molar-refractivity contribution in [2.24, 2.45) is 0 Å². The van der Waals surface area contributed by atoms with E-state index < -0.39 is 27.8 Å². The van der Waals surface area contributed by atoms with Gasteiger partial charge >= 0.3 is 5.97 Å².